The summed E-state index contributed by atoms with van der Waals surface area (Å²) in [6, 6.07) is 0.0139. The second-order valence-electron chi connectivity index (χ2n) is 2.55. The first kappa shape index (κ1) is 18.8. The molecule has 5 nitrogen and oxygen atoms in total. The molecule has 0 aliphatic carbocycles. The van der Waals surface area contributed by atoms with E-state index in [0.717, 1.165) is 0 Å². The highest BCUT2D eigenvalue weighted by Crippen LogP contribution is 1.77. The van der Waals surface area contributed by atoms with Gasteiger partial charge in [0.2, 0.25) is 5.91 Å². The van der Waals surface area contributed by atoms with Gasteiger partial charge in [0, 0.05) is 15.4 Å². The SMILES string of the molecule is C.CNC(C)C(C)=O.CNNC(C)=O.[2HH]. The predicted octanol–water partition coefficient (Wildman–Crippen LogP) is 0.322. The maximum atomic E-state index is 10.3. The predicted molar refractivity (Wildman–Crippen MR) is 60.9 cm³/mol. The Labute approximate surface area is 88.1 Å². The van der Waals surface area contributed by atoms with E-state index in [9.17, 15) is 9.59 Å². The number of ketones is 1. The van der Waals surface area contributed by atoms with E-state index in [1.165, 1.54) is 6.92 Å². The minimum atomic E-state index is -0.0718. The van der Waals surface area contributed by atoms with Crippen LogP contribution in [0.25, 0.3) is 0 Å². The van der Waals surface area contributed by atoms with Gasteiger partial charge in [0.15, 0.2) is 0 Å². The molecule has 0 aliphatic rings. The molecule has 5 heteroatoms. The van der Waals surface area contributed by atoms with Crippen molar-refractivity contribution < 1.29 is 11.0 Å². The third-order valence-corrected chi connectivity index (χ3v) is 1.34. The Hall–Kier alpha value is -0.940. The third kappa shape index (κ3) is 17.2. The lowest BCUT2D eigenvalue weighted by Gasteiger charge is -2.01. The topological polar surface area (TPSA) is 70.2 Å². The highest BCUT2D eigenvalue weighted by atomic mass is 16.2. The van der Waals surface area contributed by atoms with Gasteiger partial charge in [-0.1, -0.05) is 7.43 Å². The normalized spacial score (nSPS) is 10.1. The zero-order valence-electron chi connectivity index (χ0n) is 8.89. The molecule has 0 bridgehead atoms. The van der Waals surface area contributed by atoms with Gasteiger partial charge in [-0.15, -0.1) is 0 Å². The first-order valence-electron chi connectivity index (χ1n) is 4.06. The van der Waals surface area contributed by atoms with Gasteiger partial charge in [-0.2, -0.15) is 0 Å². The molecule has 0 aromatic carbocycles. The molecule has 0 aliphatic heterocycles. The number of rotatable bonds is 3. The van der Waals surface area contributed by atoms with E-state index in [2.05, 4.69) is 16.2 Å². The molecule has 0 aromatic heterocycles. The molecule has 0 saturated carbocycles. The van der Waals surface area contributed by atoms with Crippen LogP contribution in [-0.2, 0) is 9.59 Å². The monoisotopic (exact) mass is 208 g/mol. The molecular formula is C9H25N3O2. The molecule has 0 spiro atoms. The van der Waals surface area contributed by atoms with Crippen LogP contribution in [0.1, 0.15) is 29.6 Å². The maximum absolute atomic E-state index is 10.3. The molecule has 0 fully saturated rings. The summed E-state index contributed by atoms with van der Waals surface area (Å²) in [6.45, 7) is 4.85. The number of hydrogen-bond acceptors (Lipinski definition) is 4. The van der Waals surface area contributed by atoms with Crippen LogP contribution in [-0.4, -0.2) is 31.8 Å². The largest absolute Gasteiger partial charge is 0.311 e. The molecule has 0 radical (unpaired) electrons. The second-order valence-corrected chi connectivity index (χ2v) is 2.55. The highest BCUT2D eigenvalue weighted by Gasteiger charge is 2.00. The number of amides is 1. The molecule has 1 amide bonds. The zero-order chi connectivity index (χ0) is 10.9. The smallest absolute Gasteiger partial charge is 0.230 e. The summed E-state index contributed by atoms with van der Waals surface area (Å²) >= 11 is 0. The van der Waals surface area contributed by atoms with Crippen LogP contribution in [0, 0.1) is 0 Å². The average molecular weight is 208 g/mol. The number of carbonyl (C=O) groups excluding carboxylic acids is 2. The standard InChI is InChI=1S/C5H11NO.C3H8N2O.CH4.H2/c1-4(6-3)5(2)7;1-3(6)5-4-2;;/h4,6H,1-3H3;4H,1-2H3,(H,5,6);1H4;1H/i;;;1+1. The summed E-state index contributed by atoms with van der Waals surface area (Å²) in [5.41, 5.74) is 4.79. The van der Waals surface area contributed by atoms with E-state index in [4.69, 9.17) is 0 Å². The van der Waals surface area contributed by atoms with Crippen LogP contribution < -0.4 is 16.2 Å². The Morgan fingerprint density at radius 1 is 1.21 bits per heavy atom. The van der Waals surface area contributed by atoms with E-state index in [-0.39, 0.29) is 26.6 Å². The van der Waals surface area contributed by atoms with Gasteiger partial charge in [-0.05, 0) is 20.9 Å². The van der Waals surface area contributed by atoms with Crippen LogP contribution in [0.2, 0.25) is 0 Å². The number of Topliss-reactive ketones (excluding diaryl/α,β-unsaturated/α-hetero) is 1. The van der Waals surface area contributed by atoms with Crippen molar-refractivity contribution in [1.82, 2.24) is 16.2 Å². The Morgan fingerprint density at radius 3 is 1.64 bits per heavy atom. The summed E-state index contributed by atoms with van der Waals surface area (Å²) in [4.78, 5) is 20.2. The molecule has 3 N–H and O–H groups in total. The van der Waals surface area contributed by atoms with Crippen molar-refractivity contribution in [3.8, 4) is 0 Å². The summed E-state index contributed by atoms with van der Waals surface area (Å²) in [6.07, 6.45) is 0. The molecule has 14 heavy (non-hydrogen) atoms. The lowest BCUT2D eigenvalue weighted by molar-refractivity contribution is -0.120. The molecule has 1 unspecified atom stereocenters. The van der Waals surface area contributed by atoms with Gasteiger partial charge in [-0.25, -0.2) is 5.43 Å². The second kappa shape index (κ2) is 12.1. The lowest BCUT2D eigenvalue weighted by atomic mass is 10.2. The fourth-order valence-electron chi connectivity index (χ4n) is 0.379. The van der Waals surface area contributed by atoms with Gasteiger partial charge in [0.05, 0.1) is 6.04 Å². The zero-order valence-corrected chi connectivity index (χ0v) is 8.89. The van der Waals surface area contributed by atoms with Crippen molar-refractivity contribution in [3.05, 3.63) is 0 Å². The van der Waals surface area contributed by atoms with Gasteiger partial charge >= 0.3 is 0 Å². The molecule has 0 saturated heterocycles. The van der Waals surface area contributed by atoms with E-state index >= 15 is 0 Å². The number of hydrogen-bond donors (Lipinski definition) is 3. The Kier molecular flexibility index (Phi) is 16.2. The van der Waals surface area contributed by atoms with Crippen molar-refractivity contribution >= 4 is 11.7 Å². The number of likely N-dealkylation sites (N-methyl/N-ethyl adjacent to an activating group) is 1. The minimum Gasteiger partial charge on any atom is -0.311 e. The molecule has 88 valence electrons. The van der Waals surface area contributed by atoms with Gasteiger partial charge < -0.3 is 5.32 Å². The first-order chi connectivity index (χ1) is 5.95. The minimum absolute atomic E-state index is 0. The van der Waals surface area contributed by atoms with Gasteiger partial charge in [-0.3, -0.25) is 15.0 Å². The van der Waals surface area contributed by atoms with E-state index < -0.39 is 0 Å². The average Bonchev–Trinajstić information content (AvgIpc) is 2.03. The van der Waals surface area contributed by atoms with E-state index in [0.29, 0.717) is 0 Å². The van der Waals surface area contributed by atoms with E-state index in [1.807, 2.05) is 6.92 Å². The van der Waals surface area contributed by atoms with Crippen molar-refractivity contribution in [2.45, 2.75) is 34.2 Å². The van der Waals surface area contributed by atoms with Crippen LogP contribution in [0.15, 0.2) is 0 Å². The fourth-order valence-corrected chi connectivity index (χ4v) is 0.379. The van der Waals surface area contributed by atoms with Gasteiger partial charge in [0.1, 0.15) is 5.78 Å². The molecule has 0 aromatic rings. The van der Waals surface area contributed by atoms with Crippen LogP contribution in [0.5, 0.6) is 0 Å². The van der Waals surface area contributed by atoms with Crippen LogP contribution in [0.4, 0.5) is 0 Å². The van der Waals surface area contributed by atoms with Crippen molar-refractivity contribution in [3.63, 3.8) is 0 Å². The van der Waals surface area contributed by atoms with Crippen molar-refractivity contribution in [2.75, 3.05) is 14.1 Å². The van der Waals surface area contributed by atoms with Crippen LogP contribution in [0.3, 0.4) is 0 Å². The van der Waals surface area contributed by atoms with Crippen molar-refractivity contribution in [2.24, 2.45) is 0 Å². The molecular weight excluding hydrogens is 182 g/mol. The van der Waals surface area contributed by atoms with E-state index in [1.54, 1.807) is 21.0 Å². The summed E-state index contributed by atoms with van der Waals surface area (Å²) in [5, 5.41) is 2.81. The maximum Gasteiger partial charge on any atom is 0.230 e. The summed E-state index contributed by atoms with van der Waals surface area (Å²) < 4.78 is 0. The quantitative estimate of drug-likeness (QED) is 0.584. The number of nitrogens with one attached hydrogen (secondary N) is 3. The molecule has 1 atom stereocenters. The number of hydrazine groups is 1. The summed E-state index contributed by atoms with van der Waals surface area (Å²) in [5.74, 6) is 0.111. The Morgan fingerprint density at radius 2 is 1.64 bits per heavy atom. The number of carbonyl (C=O) groups is 2. The Balaban J connectivity index is -0.0000000718. The van der Waals surface area contributed by atoms with Gasteiger partial charge in [0.25, 0.3) is 0 Å². The molecule has 0 rings (SSSR count). The third-order valence-electron chi connectivity index (χ3n) is 1.34. The highest BCUT2D eigenvalue weighted by molar-refractivity contribution is 5.80. The first-order valence-corrected chi connectivity index (χ1v) is 4.06. The fraction of sp³-hybridized carbons (Fsp3) is 0.778. The lowest BCUT2D eigenvalue weighted by Crippen LogP contribution is -2.31. The van der Waals surface area contributed by atoms with Crippen molar-refractivity contribution in [1.29, 1.82) is 0 Å². The molecule has 0 heterocycles. The van der Waals surface area contributed by atoms with Crippen LogP contribution >= 0.6 is 0 Å². The Bertz CT molecular complexity index is 165. The summed E-state index contributed by atoms with van der Waals surface area (Å²) in [7, 11) is 3.41.